The van der Waals surface area contributed by atoms with Crippen LogP contribution in [0.15, 0.2) is 30.3 Å². The van der Waals surface area contributed by atoms with E-state index < -0.39 is 10.0 Å². The first-order chi connectivity index (χ1) is 10.9. The zero-order valence-corrected chi connectivity index (χ0v) is 14.6. The highest BCUT2D eigenvalue weighted by Gasteiger charge is 2.32. The van der Waals surface area contributed by atoms with Crippen LogP contribution in [0.3, 0.4) is 0 Å². The number of ether oxygens (including phenoxy) is 1. The van der Waals surface area contributed by atoms with E-state index in [1.807, 2.05) is 30.3 Å². The number of hydrogen-bond donors (Lipinski definition) is 1. The number of rotatable bonds is 8. The van der Waals surface area contributed by atoms with E-state index in [4.69, 9.17) is 4.74 Å². The number of benzene rings is 1. The third kappa shape index (κ3) is 5.26. The predicted molar refractivity (Wildman–Crippen MR) is 89.6 cm³/mol. The van der Waals surface area contributed by atoms with Crippen molar-refractivity contribution in [1.82, 2.24) is 9.21 Å². The maximum absolute atomic E-state index is 12.0. The van der Waals surface area contributed by atoms with Crippen molar-refractivity contribution in [2.75, 3.05) is 39.6 Å². The number of sulfonamides is 1. The van der Waals surface area contributed by atoms with E-state index in [0.717, 1.165) is 18.5 Å². The Morgan fingerprint density at radius 3 is 2.61 bits per heavy atom. The summed E-state index contributed by atoms with van der Waals surface area (Å²) in [5, 5.41) is 9.48. The molecule has 1 heterocycles. The van der Waals surface area contributed by atoms with Crippen LogP contribution in [0, 0.1) is 0 Å². The van der Waals surface area contributed by atoms with Gasteiger partial charge in [-0.1, -0.05) is 30.3 Å². The molecule has 1 aromatic carbocycles. The molecule has 23 heavy (non-hydrogen) atoms. The van der Waals surface area contributed by atoms with Gasteiger partial charge in [-0.15, -0.1) is 0 Å². The summed E-state index contributed by atoms with van der Waals surface area (Å²) in [7, 11) is -1.62. The van der Waals surface area contributed by atoms with Gasteiger partial charge in [0.1, 0.15) is 0 Å². The first-order valence-electron chi connectivity index (χ1n) is 7.80. The molecule has 1 aliphatic rings. The van der Waals surface area contributed by atoms with Crippen LogP contribution in [-0.4, -0.2) is 74.5 Å². The molecule has 0 saturated carbocycles. The van der Waals surface area contributed by atoms with Crippen molar-refractivity contribution in [2.24, 2.45) is 0 Å². The van der Waals surface area contributed by atoms with Crippen LogP contribution in [0.4, 0.5) is 0 Å². The lowest BCUT2D eigenvalue weighted by atomic mass is 10.2. The Hall–Kier alpha value is -0.990. The SMILES string of the molecule is CO[C@H]1C[C@@H](CO)N(CCN(Cc2ccccc2)S(C)(=O)=O)C1. The van der Waals surface area contributed by atoms with E-state index in [1.165, 1.54) is 10.6 Å². The molecular weight excluding hydrogens is 316 g/mol. The Morgan fingerprint density at radius 2 is 2.04 bits per heavy atom. The van der Waals surface area contributed by atoms with Crippen LogP contribution in [0.25, 0.3) is 0 Å². The van der Waals surface area contributed by atoms with E-state index in [2.05, 4.69) is 4.90 Å². The maximum atomic E-state index is 12.0. The van der Waals surface area contributed by atoms with E-state index in [0.29, 0.717) is 19.6 Å². The van der Waals surface area contributed by atoms with E-state index in [-0.39, 0.29) is 18.8 Å². The molecule has 0 bridgehead atoms. The first kappa shape index (κ1) is 18.4. The maximum Gasteiger partial charge on any atom is 0.211 e. The van der Waals surface area contributed by atoms with Crippen molar-refractivity contribution >= 4 is 10.0 Å². The monoisotopic (exact) mass is 342 g/mol. The van der Waals surface area contributed by atoms with Gasteiger partial charge in [0.15, 0.2) is 0 Å². The summed E-state index contributed by atoms with van der Waals surface area (Å²) in [5.74, 6) is 0. The minimum Gasteiger partial charge on any atom is -0.395 e. The van der Waals surface area contributed by atoms with Gasteiger partial charge >= 0.3 is 0 Å². The Bertz CT molecular complexity index is 579. The molecule has 0 aliphatic carbocycles. The topological polar surface area (TPSA) is 70.1 Å². The Balaban J connectivity index is 1.99. The standard InChI is InChI=1S/C16H26N2O4S/c1-22-16-10-15(13-19)17(12-16)8-9-18(23(2,20)21)11-14-6-4-3-5-7-14/h3-7,15-16,19H,8-13H2,1-2H3/t15-,16-/m0/s1. The fourth-order valence-corrected chi connectivity index (χ4v) is 3.76. The molecule has 1 aliphatic heterocycles. The van der Waals surface area contributed by atoms with Gasteiger partial charge < -0.3 is 9.84 Å². The molecule has 0 radical (unpaired) electrons. The lowest BCUT2D eigenvalue weighted by Gasteiger charge is -2.26. The van der Waals surface area contributed by atoms with Crippen molar-refractivity contribution in [3.63, 3.8) is 0 Å². The van der Waals surface area contributed by atoms with E-state index >= 15 is 0 Å². The van der Waals surface area contributed by atoms with Crippen molar-refractivity contribution in [3.8, 4) is 0 Å². The Labute approximate surface area is 138 Å². The van der Waals surface area contributed by atoms with Gasteiger partial charge in [-0.05, 0) is 12.0 Å². The van der Waals surface area contributed by atoms with Crippen molar-refractivity contribution in [2.45, 2.75) is 25.1 Å². The highest BCUT2D eigenvalue weighted by atomic mass is 32.2. The summed E-state index contributed by atoms with van der Waals surface area (Å²) >= 11 is 0. The molecule has 6 nitrogen and oxygen atoms in total. The Morgan fingerprint density at radius 1 is 1.35 bits per heavy atom. The molecule has 1 N–H and O–H groups in total. The smallest absolute Gasteiger partial charge is 0.211 e. The average molecular weight is 342 g/mol. The quantitative estimate of drug-likeness (QED) is 0.746. The normalized spacial score (nSPS) is 22.8. The molecule has 2 atom stereocenters. The second-order valence-electron chi connectivity index (χ2n) is 6.01. The highest BCUT2D eigenvalue weighted by Crippen LogP contribution is 2.20. The van der Waals surface area contributed by atoms with Crippen molar-refractivity contribution in [1.29, 1.82) is 0 Å². The van der Waals surface area contributed by atoms with Crippen molar-refractivity contribution in [3.05, 3.63) is 35.9 Å². The van der Waals surface area contributed by atoms with Crippen molar-refractivity contribution < 1.29 is 18.3 Å². The molecule has 1 aromatic rings. The minimum atomic E-state index is -3.29. The zero-order chi connectivity index (χ0) is 16.9. The fourth-order valence-electron chi connectivity index (χ4n) is 2.96. The minimum absolute atomic E-state index is 0.0399. The highest BCUT2D eigenvalue weighted by molar-refractivity contribution is 7.88. The average Bonchev–Trinajstić information content (AvgIpc) is 2.93. The molecule has 0 amide bonds. The molecule has 1 saturated heterocycles. The second-order valence-corrected chi connectivity index (χ2v) is 7.99. The summed E-state index contributed by atoms with van der Waals surface area (Å²) in [6, 6.07) is 9.60. The fraction of sp³-hybridized carbons (Fsp3) is 0.625. The summed E-state index contributed by atoms with van der Waals surface area (Å²) < 4.78 is 30.9. The molecule has 130 valence electrons. The second kappa shape index (κ2) is 8.21. The molecule has 0 unspecified atom stereocenters. The van der Waals surface area contributed by atoms with Crippen LogP contribution >= 0.6 is 0 Å². The van der Waals surface area contributed by atoms with Crippen LogP contribution in [0.2, 0.25) is 0 Å². The molecule has 7 heteroatoms. The number of methoxy groups -OCH3 is 1. The van der Waals surface area contributed by atoms with Gasteiger partial charge in [-0.2, -0.15) is 4.31 Å². The molecule has 0 aromatic heterocycles. The van der Waals surface area contributed by atoms with Crippen LogP contribution in [0.1, 0.15) is 12.0 Å². The Kier molecular flexibility index (Phi) is 6.55. The molecular formula is C16H26N2O4S. The van der Waals surface area contributed by atoms with E-state index in [9.17, 15) is 13.5 Å². The van der Waals surface area contributed by atoms with Gasteiger partial charge in [0.05, 0.1) is 19.0 Å². The molecule has 1 fully saturated rings. The third-order valence-electron chi connectivity index (χ3n) is 4.34. The molecule has 0 spiro atoms. The van der Waals surface area contributed by atoms with Gasteiger partial charge in [-0.25, -0.2) is 8.42 Å². The first-order valence-corrected chi connectivity index (χ1v) is 9.65. The van der Waals surface area contributed by atoms with Gasteiger partial charge in [-0.3, -0.25) is 4.90 Å². The lowest BCUT2D eigenvalue weighted by Crippen LogP contribution is -2.41. The lowest BCUT2D eigenvalue weighted by molar-refractivity contribution is 0.107. The zero-order valence-electron chi connectivity index (χ0n) is 13.8. The number of hydrogen-bond acceptors (Lipinski definition) is 5. The summed E-state index contributed by atoms with van der Waals surface area (Å²) in [6.07, 6.45) is 2.12. The van der Waals surface area contributed by atoms with Crippen LogP contribution < -0.4 is 0 Å². The number of likely N-dealkylation sites (tertiary alicyclic amines) is 1. The summed E-state index contributed by atoms with van der Waals surface area (Å²) in [5.41, 5.74) is 0.966. The van der Waals surface area contributed by atoms with Gasteiger partial charge in [0, 0.05) is 39.3 Å². The number of aliphatic hydroxyl groups excluding tert-OH is 1. The van der Waals surface area contributed by atoms with Crippen LogP contribution in [0.5, 0.6) is 0 Å². The van der Waals surface area contributed by atoms with Gasteiger partial charge in [0.2, 0.25) is 10.0 Å². The van der Waals surface area contributed by atoms with E-state index in [1.54, 1.807) is 7.11 Å². The summed E-state index contributed by atoms with van der Waals surface area (Å²) in [6.45, 7) is 2.15. The van der Waals surface area contributed by atoms with Crippen LogP contribution in [-0.2, 0) is 21.3 Å². The van der Waals surface area contributed by atoms with Gasteiger partial charge in [0.25, 0.3) is 0 Å². The predicted octanol–water partition coefficient (Wildman–Crippen LogP) is 0.530. The summed E-state index contributed by atoms with van der Waals surface area (Å²) in [4.78, 5) is 2.11. The third-order valence-corrected chi connectivity index (χ3v) is 5.59. The number of nitrogens with zero attached hydrogens (tertiary/aromatic N) is 2. The number of aliphatic hydroxyl groups is 1. The molecule has 2 rings (SSSR count). The largest absolute Gasteiger partial charge is 0.395 e.